The monoisotopic (exact) mass is 227 g/mol. The third-order valence-electron chi connectivity index (χ3n) is 4.23. The molecule has 2 aliphatic rings. The van der Waals surface area contributed by atoms with Gasteiger partial charge in [-0.05, 0) is 54.7 Å². The van der Waals surface area contributed by atoms with Crippen LogP contribution in [0.5, 0.6) is 0 Å². The maximum Gasteiger partial charge on any atom is 0.0229 e. The van der Waals surface area contributed by atoms with Gasteiger partial charge in [0.15, 0.2) is 0 Å². The van der Waals surface area contributed by atoms with Gasteiger partial charge in [0.2, 0.25) is 0 Å². The van der Waals surface area contributed by atoms with Crippen molar-refractivity contribution >= 4 is 5.57 Å². The summed E-state index contributed by atoms with van der Waals surface area (Å²) in [6.45, 7) is 0. The molecule has 1 nitrogen and oxygen atoms in total. The predicted octanol–water partition coefficient (Wildman–Crippen LogP) is 3.85. The Morgan fingerprint density at radius 1 is 1.06 bits per heavy atom. The van der Waals surface area contributed by atoms with Gasteiger partial charge in [-0.15, -0.1) is 0 Å². The first-order valence-electron chi connectivity index (χ1n) is 6.89. The van der Waals surface area contributed by atoms with Crippen LogP contribution >= 0.6 is 0 Å². The molecule has 3 rings (SSSR count). The molecule has 0 spiro atoms. The number of allylic oxidation sites excluding steroid dienone is 1. The Kier molecular flexibility index (Phi) is 3.02. The zero-order valence-corrected chi connectivity index (χ0v) is 10.4. The Hall–Kier alpha value is -1.08. The van der Waals surface area contributed by atoms with Crippen LogP contribution in [-0.2, 0) is 0 Å². The molecule has 0 aromatic heterocycles. The fourth-order valence-electron chi connectivity index (χ4n) is 2.93. The van der Waals surface area contributed by atoms with Crippen molar-refractivity contribution < 1.29 is 0 Å². The van der Waals surface area contributed by atoms with E-state index in [1.54, 1.807) is 0 Å². The van der Waals surface area contributed by atoms with E-state index in [9.17, 15) is 0 Å². The van der Waals surface area contributed by atoms with Crippen LogP contribution in [0.2, 0.25) is 0 Å². The fraction of sp³-hybridized carbons (Fsp3) is 0.500. The van der Waals surface area contributed by atoms with E-state index in [0.29, 0.717) is 0 Å². The van der Waals surface area contributed by atoms with Crippen LogP contribution in [-0.4, -0.2) is 6.04 Å². The molecular formula is C16H21N. The van der Waals surface area contributed by atoms with Gasteiger partial charge in [0.05, 0.1) is 0 Å². The van der Waals surface area contributed by atoms with Crippen LogP contribution in [0, 0.1) is 0 Å². The summed E-state index contributed by atoms with van der Waals surface area (Å²) >= 11 is 0. The predicted molar refractivity (Wildman–Crippen MR) is 72.8 cm³/mol. The molecule has 0 bridgehead atoms. The molecule has 90 valence electrons. The average molecular weight is 227 g/mol. The van der Waals surface area contributed by atoms with Crippen LogP contribution in [0.3, 0.4) is 0 Å². The summed E-state index contributed by atoms with van der Waals surface area (Å²) in [6, 6.07) is 9.41. The van der Waals surface area contributed by atoms with E-state index in [0.717, 1.165) is 12.3 Å². The van der Waals surface area contributed by atoms with Gasteiger partial charge in [0, 0.05) is 6.04 Å². The minimum atomic E-state index is 0.270. The van der Waals surface area contributed by atoms with Gasteiger partial charge in [-0.1, -0.05) is 36.8 Å². The lowest BCUT2D eigenvalue weighted by Gasteiger charge is -2.26. The van der Waals surface area contributed by atoms with Crippen LogP contribution in [0.25, 0.3) is 5.57 Å². The fourth-order valence-corrected chi connectivity index (χ4v) is 2.93. The molecule has 1 unspecified atom stereocenters. The molecule has 1 saturated carbocycles. The van der Waals surface area contributed by atoms with Crippen molar-refractivity contribution in [1.82, 2.24) is 0 Å². The number of benzene rings is 1. The molecule has 0 heterocycles. The van der Waals surface area contributed by atoms with Crippen LogP contribution < -0.4 is 5.73 Å². The molecule has 1 aromatic rings. The van der Waals surface area contributed by atoms with Gasteiger partial charge in [0.25, 0.3) is 0 Å². The molecule has 0 radical (unpaired) electrons. The topological polar surface area (TPSA) is 26.0 Å². The molecule has 2 N–H and O–H groups in total. The van der Waals surface area contributed by atoms with E-state index in [1.807, 2.05) is 0 Å². The van der Waals surface area contributed by atoms with Crippen molar-refractivity contribution in [3.05, 3.63) is 41.5 Å². The van der Waals surface area contributed by atoms with Crippen molar-refractivity contribution in [2.24, 2.45) is 5.73 Å². The number of rotatable bonds is 2. The SMILES string of the molecule is NC1C=C(c2cccc(C3CCC3)c2)CCC1. The highest BCUT2D eigenvalue weighted by atomic mass is 14.6. The van der Waals surface area contributed by atoms with Crippen LogP contribution in [0.15, 0.2) is 30.3 Å². The lowest BCUT2D eigenvalue weighted by atomic mass is 9.79. The lowest BCUT2D eigenvalue weighted by molar-refractivity contribution is 0.419. The third kappa shape index (κ3) is 2.30. The first kappa shape index (κ1) is 11.0. The quantitative estimate of drug-likeness (QED) is 0.816. The Labute approximate surface area is 104 Å². The maximum atomic E-state index is 6.02. The minimum absolute atomic E-state index is 0.270. The summed E-state index contributed by atoms with van der Waals surface area (Å²) < 4.78 is 0. The molecule has 0 aliphatic heterocycles. The van der Waals surface area contributed by atoms with Gasteiger partial charge in [-0.2, -0.15) is 0 Å². The van der Waals surface area contributed by atoms with Crippen LogP contribution in [0.4, 0.5) is 0 Å². The van der Waals surface area contributed by atoms with E-state index in [2.05, 4.69) is 30.3 Å². The molecule has 1 heteroatoms. The van der Waals surface area contributed by atoms with Gasteiger partial charge in [-0.3, -0.25) is 0 Å². The standard InChI is InChI=1S/C16H21N/c17-16-9-3-8-15(11-16)14-7-2-6-13(10-14)12-4-1-5-12/h2,6-7,10-12,16H,1,3-5,8-9,17H2. The van der Waals surface area contributed by atoms with Crippen molar-refractivity contribution in [2.75, 3.05) is 0 Å². The molecule has 17 heavy (non-hydrogen) atoms. The Morgan fingerprint density at radius 2 is 1.94 bits per heavy atom. The lowest BCUT2D eigenvalue weighted by Crippen LogP contribution is -2.20. The second-order valence-electron chi connectivity index (χ2n) is 5.50. The van der Waals surface area contributed by atoms with E-state index in [-0.39, 0.29) is 6.04 Å². The van der Waals surface area contributed by atoms with E-state index < -0.39 is 0 Å². The first-order chi connectivity index (χ1) is 8.33. The Balaban J connectivity index is 1.87. The minimum Gasteiger partial charge on any atom is -0.324 e. The second kappa shape index (κ2) is 4.66. The summed E-state index contributed by atoms with van der Waals surface area (Å²) in [6.07, 6.45) is 10.0. The maximum absolute atomic E-state index is 6.02. The molecule has 0 amide bonds. The molecule has 1 atom stereocenters. The third-order valence-corrected chi connectivity index (χ3v) is 4.23. The van der Waals surface area contributed by atoms with Crippen molar-refractivity contribution in [1.29, 1.82) is 0 Å². The Bertz CT molecular complexity index is 429. The molecule has 2 aliphatic carbocycles. The highest BCUT2D eigenvalue weighted by Crippen LogP contribution is 2.37. The largest absolute Gasteiger partial charge is 0.324 e. The highest BCUT2D eigenvalue weighted by Gasteiger charge is 2.20. The second-order valence-corrected chi connectivity index (χ2v) is 5.50. The van der Waals surface area contributed by atoms with E-state index >= 15 is 0 Å². The van der Waals surface area contributed by atoms with E-state index in [4.69, 9.17) is 5.73 Å². The van der Waals surface area contributed by atoms with Gasteiger partial charge < -0.3 is 5.73 Å². The molecule has 1 fully saturated rings. The van der Waals surface area contributed by atoms with Gasteiger partial charge in [0.1, 0.15) is 0 Å². The number of hydrogen-bond acceptors (Lipinski definition) is 1. The molecular weight excluding hydrogens is 206 g/mol. The summed E-state index contributed by atoms with van der Waals surface area (Å²) in [5.74, 6) is 0.827. The summed E-state index contributed by atoms with van der Waals surface area (Å²) in [5.41, 5.74) is 10.4. The van der Waals surface area contributed by atoms with Crippen molar-refractivity contribution in [3.8, 4) is 0 Å². The summed E-state index contributed by atoms with van der Waals surface area (Å²) in [4.78, 5) is 0. The zero-order chi connectivity index (χ0) is 11.7. The smallest absolute Gasteiger partial charge is 0.0229 e. The van der Waals surface area contributed by atoms with Gasteiger partial charge in [-0.25, -0.2) is 0 Å². The summed E-state index contributed by atoms with van der Waals surface area (Å²) in [7, 11) is 0. The van der Waals surface area contributed by atoms with Crippen molar-refractivity contribution in [3.63, 3.8) is 0 Å². The van der Waals surface area contributed by atoms with Crippen LogP contribution in [0.1, 0.15) is 55.6 Å². The normalized spacial score (nSPS) is 25.2. The number of nitrogens with two attached hydrogens (primary N) is 1. The highest BCUT2D eigenvalue weighted by molar-refractivity contribution is 5.67. The number of hydrogen-bond donors (Lipinski definition) is 1. The average Bonchev–Trinajstić information content (AvgIpc) is 2.27. The zero-order valence-electron chi connectivity index (χ0n) is 10.4. The molecule has 1 aromatic carbocycles. The first-order valence-corrected chi connectivity index (χ1v) is 6.89. The van der Waals surface area contributed by atoms with Crippen molar-refractivity contribution in [2.45, 2.75) is 50.5 Å². The Morgan fingerprint density at radius 3 is 2.65 bits per heavy atom. The summed E-state index contributed by atoms with van der Waals surface area (Å²) in [5, 5.41) is 0. The molecule has 0 saturated heterocycles. The van der Waals surface area contributed by atoms with E-state index in [1.165, 1.54) is 48.8 Å². The van der Waals surface area contributed by atoms with Gasteiger partial charge >= 0.3 is 0 Å².